The Morgan fingerprint density at radius 1 is 1.44 bits per heavy atom. The Hall–Kier alpha value is -0.960. The van der Waals surface area contributed by atoms with Crippen molar-refractivity contribution in [1.29, 1.82) is 0 Å². The van der Waals surface area contributed by atoms with Gasteiger partial charge in [-0.25, -0.2) is 9.97 Å². The zero-order valence-corrected chi connectivity index (χ0v) is 10.0. The van der Waals surface area contributed by atoms with Crippen molar-refractivity contribution in [2.75, 3.05) is 0 Å². The molecular weight excluding hydrogens is 198 g/mol. The van der Waals surface area contributed by atoms with Gasteiger partial charge in [0.15, 0.2) is 0 Å². The van der Waals surface area contributed by atoms with E-state index < -0.39 is 0 Å². The lowest BCUT2D eigenvalue weighted by atomic mass is 10.0. The minimum absolute atomic E-state index is 0.529. The second-order valence-electron chi connectivity index (χ2n) is 5.48. The normalized spacial score (nSPS) is 27.2. The number of aromatic nitrogens is 2. The van der Waals surface area contributed by atoms with Crippen LogP contribution in [0.25, 0.3) is 0 Å². The van der Waals surface area contributed by atoms with Crippen LogP contribution in [-0.2, 0) is 12.8 Å². The Bertz CT molecular complexity index is 400. The maximum absolute atomic E-state index is 4.74. The molecule has 2 atom stereocenters. The maximum Gasteiger partial charge on any atom is 0.128 e. The number of hydrogen-bond donors (Lipinski definition) is 1. The van der Waals surface area contributed by atoms with E-state index in [1.807, 2.05) is 0 Å². The SMILES string of the molecule is CC(C)Cc1ncc2c(n1)CC1CCC2N1. The standard InChI is InChI=1S/C13H19N3/c1-8(2)5-13-14-7-10-11-4-3-9(15-11)6-12(10)16-13/h7-9,11,15H,3-6H2,1-2H3. The summed E-state index contributed by atoms with van der Waals surface area (Å²) in [5.41, 5.74) is 2.65. The molecule has 3 heteroatoms. The molecule has 0 aromatic carbocycles. The van der Waals surface area contributed by atoms with Crippen LogP contribution in [-0.4, -0.2) is 16.0 Å². The molecule has 0 saturated carbocycles. The molecule has 2 unspecified atom stereocenters. The molecule has 1 saturated heterocycles. The molecule has 3 nitrogen and oxygen atoms in total. The molecule has 1 fully saturated rings. The van der Waals surface area contributed by atoms with Gasteiger partial charge < -0.3 is 5.32 Å². The minimum Gasteiger partial charge on any atom is -0.307 e. The van der Waals surface area contributed by atoms with Crippen LogP contribution in [0.5, 0.6) is 0 Å². The molecule has 16 heavy (non-hydrogen) atoms. The zero-order chi connectivity index (χ0) is 11.1. The van der Waals surface area contributed by atoms with Gasteiger partial charge in [0.05, 0.1) is 5.69 Å². The van der Waals surface area contributed by atoms with Crippen molar-refractivity contribution >= 4 is 0 Å². The predicted molar refractivity (Wildman–Crippen MR) is 63.2 cm³/mol. The van der Waals surface area contributed by atoms with Crippen molar-refractivity contribution in [3.05, 3.63) is 23.3 Å². The third kappa shape index (κ3) is 1.73. The van der Waals surface area contributed by atoms with Gasteiger partial charge in [-0.2, -0.15) is 0 Å². The van der Waals surface area contributed by atoms with Crippen molar-refractivity contribution in [3.8, 4) is 0 Å². The Balaban J connectivity index is 1.91. The first-order valence-electron chi connectivity index (χ1n) is 6.33. The molecule has 2 bridgehead atoms. The van der Waals surface area contributed by atoms with Crippen LogP contribution < -0.4 is 5.32 Å². The van der Waals surface area contributed by atoms with Crippen molar-refractivity contribution < 1.29 is 0 Å². The Kier molecular flexibility index (Phi) is 2.43. The van der Waals surface area contributed by atoms with Gasteiger partial charge in [0.25, 0.3) is 0 Å². The second-order valence-corrected chi connectivity index (χ2v) is 5.48. The first kappa shape index (κ1) is 10.2. The Labute approximate surface area is 96.7 Å². The van der Waals surface area contributed by atoms with E-state index in [9.17, 15) is 0 Å². The molecule has 2 aliphatic rings. The highest BCUT2D eigenvalue weighted by Gasteiger charge is 2.33. The molecule has 0 radical (unpaired) electrons. The molecule has 2 aliphatic heterocycles. The number of rotatable bonds is 2. The van der Waals surface area contributed by atoms with E-state index >= 15 is 0 Å². The molecule has 3 rings (SSSR count). The van der Waals surface area contributed by atoms with E-state index in [2.05, 4.69) is 30.3 Å². The zero-order valence-electron chi connectivity index (χ0n) is 10.0. The molecule has 0 amide bonds. The topological polar surface area (TPSA) is 37.8 Å². The predicted octanol–water partition coefficient (Wildman–Crippen LogP) is 2.02. The molecule has 0 aliphatic carbocycles. The van der Waals surface area contributed by atoms with E-state index in [4.69, 9.17) is 4.98 Å². The summed E-state index contributed by atoms with van der Waals surface area (Å²) in [6.07, 6.45) is 6.69. The lowest BCUT2D eigenvalue weighted by molar-refractivity contribution is 0.498. The van der Waals surface area contributed by atoms with Crippen molar-refractivity contribution in [1.82, 2.24) is 15.3 Å². The van der Waals surface area contributed by atoms with Crippen molar-refractivity contribution in [2.45, 2.75) is 51.6 Å². The lowest BCUT2D eigenvalue weighted by Gasteiger charge is -2.23. The van der Waals surface area contributed by atoms with Gasteiger partial charge >= 0.3 is 0 Å². The molecule has 1 aromatic heterocycles. The average Bonchev–Trinajstić information content (AvgIpc) is 2.60. The van der Waals surface area contributed by atoms with Crippen LogP contribution >= 0.6 is 0 Å². The molecule has 3 heterocycles. The minimum atomic E-state index is 0.529. The average molecular weight is 217 g/mol. The van der Waals surface area contributed by atoms with Gasteiger partial charge in [0, 0.05) is 36.7 Å². The summed E-state index contributed by atoms with van der Waals surface area (Å²) in [4.78, 5) is 9.24. The largest absolute Gasteiger partial charge is 0.307 e. The van der Waals surface area contributed by atoms with Gasteiger partial charge in [0.1, 0.15) is 5.82 Å². The number of fused-ring (bicyclic) bond motifs is 4. The second kappa shape index (κ2) is 3.81. The third-order valence-corrected chi connectivity index (χ3v) is 3.60. The van der Waals surface area contributed by atoms with Crippen LogP contribution in [0, 0.1) is 5.92 Å². The first-order valence-corrected chi connectivity index (χ1v) is 6.33. The highest BCUT2D eigenvalue weighted by Crippen LogP contribution is 2.34. The fourth-order valence-electron chi connectivity index (χ4n) is 2.84. The highest BCUT2D eigenvalue weighted by molar-refractivity contribution is 5.28. The van der Waals surface area contributed by atoms with Gasteiger partial charge in [-0.15, -0.1) is 0 Å². The molecule has 1 N–H and O–H groups in total. The fraction of sp³-hybridized carbons (Fsp3) is 0.692. The maximum atomic E-state index is 4.74. The van der Waals surface area contributed by atoms with Crippen LogP contribution in [0.4, 0.5) is 0 Å². The highest BCUT2D eigenvalue weighted by atomic mass is 15.0. The van der Waals surface area contributed by atoms with Crippen molar-refractivity contribution in [2.24, 2.45) is 5.92 Å². The monoisotopic (exact) mass is 217 g/mol. The summed E-state index contributed by atoms with van der Waals surface area (Å²) in [5, 5.41) is 3.63. The van der Waals surface area contributed by atoms with E-state index in [0.29, 0.717) is 18.0 Å². The van der Waals surface area contributed by atoms with E-state index in [1.165, 1.54) is 24.1 Å². The quantitative estimate of drug-likeness (QED) is 0.823. The molecule has 1 aromatic rings. The van der Waals surface area contributed by atoms with Crippen LogP contribution in [0.2, 0.25) is 0 Å². The molecular formula is C13H19N3. The summed E-state index contributed by atoms with van der Waals surface area (Å²) in [5.74, 6) is 1.66. The van der Waals surface area contributed by atoms with Gasteiger partial charge in [-0.3, -0.25) is 0 Å². The number of nitrogens with zero attached hydrogens (tertiary/aromatic N) is 2. The van der Waals surface area contributed by atoms with Gasteiger partial charge in [0.2, 0.25) is 0 Å². The summed E-state index contributed by atoms with van der Waals surface area (Å²) >= 11 is 0. The Morgan fingerprint density at radius 3 is 3.12 bits per heavy atom. The first-order chi connectivity index (χ1) is 7.72. The summed E-state index contributed by atoms with van der Waals surface area (Å²) in [6.45, 7) is 4.43. The summed E-state index contributed by atoms with van der Waals surface area (Å²) < 4.78 is 0. The smallest absolute Gasteiger partial charge is 0.128 e. The van der Waals surface area contributed by atoms with Crippen LogP contribution in [0.3, 0.4) is 0 Å². The lowest BCUT2D eigenvalue weighted by Crippen LogP contribution is -2.32. The summed E-state index contributed by atoms with van der Waals surface area (Å²) in [6, 6.07) is 1.20. The van der Waals surface area contributed by atoms with Crippen LogP contribution in [0.15, 0.2) is 6.20 Å². The van der Waals surface area contributed by atoms with E-state index in [1.54, 1.807) is 0 Å². The number of hydrogen-bond acceptors (Lipinski definition) is 3. The van der Waals surface area contributed by atoms with Crippen molar-refractivity contribution in [3.63, 3.8) is 0 Å². The summed E-state index contributed by atoms with van der Waals surface area (Å²) in [7, 11) is 0. The van der Waals surface area contributed by atoms with Crippen LogP contribution in [0.1, 0.15) is 49.8 Å². The van der Waals surface area contributed by atoms with E-state index in [-0.39, 0.29) is 0 Å². The van der Waals surface area contributed by atoms with Gasteiger partial charge in [-0.1, -0.05) is 13.8 Å². The Morgan fingerprint density at radius 2 is 2.31 bits per heavy atom. The fourth-order valence-corrected chi connectivity index (χ4v) is 2.84. The number of nitrogens with one attached hydrogen (secondary N) is 1. The molecule has 0 spiro atoms. The third-order valence-electron chi connectivity index (χ3n) is 3.60. The molecule has 86 valence electrons. The van der Waals surface area contributed by atoms with Gasteiger partial charge in [-0.05, 0) is 18.8 Å². The van der Waals surface area contributed by atoms with E-state index in [0.717, 1.165) is 18.7 Å².